The predicted molar refractivity (Wildman–Crippen MR) is 109 cm³/mol. The summed E-state index contributed by atoms with van der Waals surface area (Å²) >= 11 is 0. The molecule has 30 heavy (non-hydrogen) atoms. The molecule has 1 heterocycles. The van der Waals surface area contributed by atoms with Crippen molar-refractivity contribution in [3.8, 4) is 11.5 Å². The molecule has 4 rings (SSSR count). The lowest BCUT2D eigenvalue weighted by molar-refractivity contribution is -0.384. The first-order valence-electron chi connectivity index (χ1n) is 9.03. The number of carbonyl (C=O) groups is 2. The average molecular weight is 401 g/mol. The highest BCUT2D eigenvalue weighted by Gasteiger charge is 2.28. The minimum absolute atomic E-state index is 0.0424. The molecule has 1 aliphatic rings. The van der Waals surface area contributed by atoms with Crippen LogP contribution >= 0.6 is 0 Å². The van der Waals surface area contributed by atoms with Gasteiger partial charge in [0, 0.05) is 18.2 Å². The van der Waals surface area contributed by atoms with Gasteiger partial charge in [0.2, 0.25) is 5.78 Å². The highest BCUT2D eigenvalue weighted by atomic mass is 16.6. The van der Waals surface area contributed by atoms with Gasteiger partial charge in [-0.15, -0.1) is 0 Å². The Hall–Kier alpha value is -4.26. The summed E-state index contributed by atoms with van der Waals surface area (Å²) in [6.45, 7) is 1.82. The van der Waals surface area contributed by atoms with Crippen LogP contribution in [0, 0.1) is 17.0 Å². The van der Waals surface area contributed by atoms with Gasteiger partial charge in [-0.25, -0.2) is 4.79 Å². The van der Waals surface area contributed by atoms with Crippen molar-refractivity contribution in [1.29, 1.82) is 0 Å². The second kappa shape index (κ2) is 7.63. The van der Waals surface area contributed by atoms with Crippen LogP contribution in [0.25, 0.3) is 6.08 Å². The van der Waals surface area contributed by atoms with E-state index >= 15 is 0 Å². The molecule has 148 valence electrons. The zero-order valence-corrected chi connectivity index (χ0v) is 15.8. The number of ketones is 1. The first-order chi connectivity index (χ1) is 14.4. The maximum Gasteiger partial charge on any atom is 0.343 e. The number of hydrogen-bond acceptors (Lipinski definition) is 6. The Bertz CT molecular complexity index is 1210. The SMILES string of the molecule is Cc1ccccc1C(=O)Oc1ccc2c(c1)O/C(=C\c1ccc([N+](=O)[O-])cc1)C2=O. The van der Waals surface area contributed by atoms with E-state index in [0.717, 1.165) is 5.56 Å². The van der Waals surface area contributed by atoms with Gasteiger partial charge < -0.3 is 9.47 Å². The Kier molecular flexibility index (Phi) is 4.85. The molecule has 0 bridgehead atoms. The Morgan fingerprint density at radius 2 is 1.80 bits per heavy atom. The van der Waals surface area contributed by atoms with E-state index in [1.165, 1.54) is 48.5 Å². The lowest BCUT2D eigenvalue weighted by Gasteiger charge is -2.07. The second-order valence-electron chi connectivity index (χ2n) is 6.65. The Morgan fingerprint density at radius 3 is 2.50 bits per heavy atom. The van der Waals surface area contributed by atoms with E-state index in [-0.39, 0.29) is 28.7 Å². The van der Waals surface area contributed by atoms with Gasteiger partial charge in [-0.05, 0) is 54.5 Å². The molecular formula is C23H15NO6. The van der Waals surface area contributed by atoms with Crippen LogP contribution in [0.15, 0.2) is 72.5 Å². The van der Waals surface area contributed by atoms with Gasteiger partial charge in [-0.2, -0.15) is 0 Å². The molecule has 3 aromatic carbocycles. The van der Waals surface area contributed by atoms with Crippen molar-refractivity contribution in [1.82, 2.24) is 0 Å². The molecule has 0 saturated carbocycles. The zero-order chi connectivity index (χ0) is 21.3. The molecular weight excluding hydrogens is 386 g/mol. The fourth-order valence-corrected chi connectivity index (χ4v) is 3.04. The second-order valence-corrected chi connectivity index (χ2v) is 6.65. The van der Waals surface area contributed by atoms with Crippen LogP contribution in [-0.2, 0) is 0 Å². The quantitative estimate of drug-likeness (QED) is 0.206. The molecule has 0 radical (unpaired) electrons. The molecule has 0 amide bonds. The molecule has 7 nitrogen and oxygen atoms in total. The monoisotopic (exact) mass is 401 g/mol. The average Bonchev–Trinajstić information content (AvgIpc) is 3.03. The fraction of sp³-hybridized carbons (Fsp3) is 0.0435. The smallest absolute Gasteiger partial charge is 0.343 e. The Balaban J connectivity index is 1.54. The highest BCUT2D eigenvalue weighted by molar-refractivity contribution is 6.14. The van der Waals surface area contributed by atoms with Crippen LogP contribution in [0.5, 0.6) is 11.5 Å². The number of nitro groups is 1. The molecule has 0 atom stereocenters. The number of ether oxygens (including phenoxy) is 2. The number of fused-ring (bicyclic) bond motifs is 1. The minimum Gasteiger partial charge on any atom is -0.452 e. The third-order valence-electron chi connectivity index (χ3n) is 4.62. The normalized spacial score (nSPS) is 13.6. The lowest BCUT2D eigenvalue weighted by Crippen LogP contribution is -2.10. The summed E-state index contributed by atoms with van der Waals surface area (Å²) in [5.41, 5.74) is 2.14. The van der Waals surface area contributed by atoms with Crippen LogP contribution in [0.2, 0.25) is 0 Å². The van der Waals surface area contributed by atoms with Crippen LogP contribution in [0.3, 0.4) is 0 Å². The van der Waals surface area contributed by atoms with Crippen molar-refractivity contribution in [2.75, 3.05) is 0 Å². The first kappa shape index (κ1) is 19.1. The molecule has 7 heteroatoms. The molecule has 0 aromatic heterocycles. The first-order valence-corrected chi connectivity index (χ1v) is 9.03. The standard InChI is InChI=1S/C23H15NO6/c1-14-4-2-3-5-18(14)23(26)29-17-10-11-19-20(13-17)30-21(22(19)25)12-15-6-8-16(9-7-15)24(27)28/h2-13H,1H3/b21-12-. The topological polar surface area (TPSA) is 95.7 Å². The number of hydrogen-bond donors (Lipinski definition) is 0. The summed E-state index contributed by atoms with van der Waals surface area (Å²) in [5, 5.41) is 10.8. The van der Waals surface area contributed by atoms with E-state index in [1.807, 2.05) is 19.1 Å². The summed E-state index contributed by atoms with van der Waals surface area (Å²) in [6, 6.07) is 17.4. The largest absolute Gasteiger partial charge is 0.452 e. The molecule has 1 aliphatic heterocycles. The highest BCUT2D eigenvalue weighted by Crippen LogP contribution is 2.35. The van der Waals surface area contributed by atoms with E-state index in [9.17, 15) is 19.7 Å². The number of aryl methyl sites for hydroxylation is 1. The summed E-state index contributed by atoms with van der Waals surface area (Å²) in [6.07, 6.45) is 1.51. The summed E-state index contributed by atoms with van der Waals surface area (Å²) in [5.74, 6) is -0.199. The lowest BCUT2D eigenvalue weighted by atomic mass is 10.1. The summed E-state index contributed by atoms with van der Waals surface area (Å²) in [4.78, 5) is 35.2. The van der Waals surface area contributed by atoms with Crippen molar-refractivity contribution in [3.63, 3.8) is 0 Å². The number of non-ortho nitro benzene ring substituents is 1. The van der Waals surface area contributed by atoms with Gasteiger partial charge in [0.1, 0.15) is 11.5 Å². The predicted octanol–water partition coefficient (Wildman–Crippen LogP) is 4.74. The third-order valence-corrected chi connectivity index (χ3v) is 4.62. The molecule has 0 spiro atoms. The van der Waals surface area contributed by atoms with E-state index in [0.29, 0.717) is 16.7 Å². The van der Waals surface area contributed by atoms with E-state index in [4.69, 9.17) is 9.47 Å². The number of esters is 1. The maximum absolute atomic E-state index is 12.6. The number of nitro benzene ring substituents is 1. The number of rotatable bonds is 4. The van der Waals surface area contributed by atoms with Crippen molar-refractivity contribution in [2.45, 2.75) is 6.92 Å². The van der Waals surface area contributed by atoms with Crippen molar-refractivity contribution >= 4 is 23.5 Å². The van der Waals surface area contributed by atoms with Crippen LogP contribution in [0.1, 0.15) is 31.8 Å². The number of benzene rings is 3. The summed E-state index contributed by atoms with van der Waals surface area (Å²) < 4.78 is 11.1. The summed E-state index contributed by atoms with van der Waals surface area (Å²) in [7, 11) is 0. The number of Topliss-reactive ketones (excluding diaryl/α,β-unsaturated/α-hetero) is 1. The van der Waals surface area contributed by atoms with Crippen LogP contribution in [-0.4, -0.2) is 16.7 Å². The van der Waals surface area contributed by atoms with E-state index in [2.05, 4.69) is 0 Å². The molecule has 0 unspecified atom stereocenters. The van der Waals surface area contributed by atoms with Crippen molar-refractivity contribution in [2.24, 2.45) is 0 Å². The Labute approximate surface area is 171 Å². The molecule has 0 N–H and O–H groups in total. The molecule has 0 aliphatic carbocycles. The van der Waals surface area contributed by atoms with Crippen molar-refractivity contribution < 1.29 is 24.0 Å². The minimum atomic E-state index is -0.501. The molecule has 0 saturated heterocycles. The van der Waals surface area contributed by atoms with Gasteiger partial charge in [0.15, 0.2) is 5.76 Å². The Morgan fingerprint density at radius 1 is 1.07 bits per heavy atom. The van der Waals surface area contributed by atoms with Crippen LogP contribution < -0.4 is 9.47 Å². The maximum atomic E-state index is 12.6. The van der Waals surface area contributed by atoms with Crippen LogP contribution in [0.4, 0.5) is 5.69 Å². The number of allylic oxidation sites excluding steroid dienone is 1. The number of nitrogens with zero attached hydrogens (tertiary/aromatic N) is 1. The van der Waals surface area contributed by atoms with Gasteiger partial charge in [-0.1, -0.05) is 18.2 Å². The van der Waals surface area contributed by atoms with Gasteiger partial charge in [-0.3, -0.25) is 14.9 Å². The van der Waals surface area contributed by atoms with Gasteiger partial charge in [0.05, 0.1) is 16.1 Å². The van der Waals surface area contributed by atoms with E-state index < -0.39 is 10.9 Å². The molecule has 3 aromatic rings. The fourth-order valence-electron chi connectivity index (χ4n) is 3.04. The third kappa shape index (κ3) is 3.68. The van der Waals surface area contributed by atoms with Gasteiger partial charge in [0.25, 0.3) is 5.69 Å². The zero-order valence-electron chi connectivity index (χ0n) is 15.8. The van der Waals surface area contributed by atoms with E-state index in [1.54, 1.807) is 12.1 Å². The molecule has 0 fully saturated rings. The van der Waals surface area contributed by atoms with Crippen molar-refractivity contribution in [3.05, 3.63) is 105 Å². The number of carbonyl (C=O) groups excluding carboxylic acids is 2. The van der Waals surface area contributed by atoms with Gasteiger partial charge >= 0.3 is 5.97 Å².